The first kappa shape index (κ1) is 13.3. The average molecular weight is 350 g/mol. The van der Waals surface area contributed by atoms with Gasteiger partial charge in [0.2, 0.25) is 5.91 Å². The number of hydrogen-bond acceptors (Lipinski definition) is 2. The van der Waals surface area contributed by atoms with Crippen molar-refractivity contribution in [2.75, 3.05) is 5.32 Å². The standard InChI is InChI=1S/C16H16BrNO3/c17-10-4-3-9(16(20)21)6-11(10)18-15(19)14-12-7-1-2-8(5-7)13(12)14/h3-4,6-8,12-14H,1-2,5H2,(H,18,19)(H,20,21). The molecule has 1 amide bonds. The molecule has 0 radical (unpaired) electrons. The number of carboxylic acids is 1. The van der Waals surface area contributed by atoms with Crippen LogP contribution in [0.25, 0.3) is 0 Å². The van der Waals surface area contributed by atoms with Crippen LogP contribution < -0.4 is 5.32 Å². The van der Waals surface area contributed by atoms with E-state index >= 15 is 0 Å². The minimum Gasteiger partial charge on any atom is -0.478 e. The van der Waals surface area contributed by atoms with E-state index in [1.165, 1.54) is 31.4 Å². The fourth-order valence-electron chi connectivity index (χ4n) is 4.65. The summed E-state index contributed by atoms with van der Waals surface area (Å²) in [5.74, 6) is 1.91. The molecule has 0 aliphatic heterocycles. The third-order valence-electron chi connectivity index (χ3n) is 5.51. The molecule has 4 nitrogen and oxygen atoms in total. The molecule has 0 saturated heterocycles. The van der Waals surface area contributed by atoms with Crippen molar-refractivity contribution in [1.82, 2.24) is 0 Å². The van der Waals surface area contributed by atoms with Crippen LogP contribution >= 0.6 is 15.9 Å². The summed E-state index contributed by atoms with van der Waals surface area (Å²) in [6, 6.07) is 4.70. The Morgan fingerprint density at radius 3 is 2.48 bits per heavy atom. The monoisotopic (exact) mass is 349 g/mol. The van der Waals surface area contributed by atoms with Crippen molar-refractivity contribution >= 4 is 33.5 Å². The molecule has 1 aromatic rings. The molecule has 4 atom stereocenters. The van der Waals surface area contributed by atoms with Crippen molar-refractivity contribution in [2.45, 2.75) is 19.3 Å². The largest absolute Gasteiger partial charge is 0.478 e. The van der Waals surface area contributed by atoms with Gasteiger partial charge < -0.3 is 10.4 Å². The van der Waals surface area contributed by atoms with Gasteiger partial charge in [0.15, 0.2) is 0 Å². The molecule has 3 fully saturated rings. The number of carboxylic acid groups (broad SMARTS) is 1. The topological polar surface area (TPSA) is 66.4 Å². The molecule has 21 heavy (non-hydrogen) atoms. The number of carbonyl (C=O) groups is 2. The van der Waals surface area contributed by atoms with Gasteiger partial charge in [0.05, 0.1) is 11.3 Å². The summed E-state index contributed by atoms with van der Waals surface area (Å²) in [7, 11) is 0. The lowest BCUT2D eigenvalue weighted by atomic mass is 10.0. The summed E-state index contributed by atoms with van der Waals surface area (Å²) in [4.78, 5) is 23.5. The second-order valence-corrected chi connectivity index (χ2v) is 7.36. The zero-order chi connectivity index (χ0) is 14.7. The maximum absolute atomic E-state index is 12.5. The van der Waals surface area contributed by atoms with E-state index in [4.69, 9.17) is 5.11 Å². The summed E-state index contributed by atoms with van der Waals surface area (Å²) < 4.78 is 0.717. The number of benzene rings is 1. The molecule has 1 aromatic carbocycles. The van der Waals surface area contributed by atoms with E-state index in [2.05, 4.69) is 21.2 Å². The molecule has 3 aliphatic rings. The maximum Gasteiger partial charge on any atom is 0.335 e. The van der Waals surface area contributed by atoms with E-state index in [1.54, 1.807) is 6.07 Å². The van der Waals surface area contributed by atoms with Crippen LogP contribution in [0, 0.1) is 29.6 Å². The average Bonchev–Trinajstić information content (AvgIpc) is 2.90. The van der Waals surface area contributed by atoms with Crippen LogP contribution in [-0.4, -0.2) is 17.0 Å². The second-order valence-electron chi connectivity index (χ2n) is 6.50. The van der Waals surface area contributed by atoms with Gasteiger partial charge in [-0.1, -0.05) is 0 Å². The minimum atomic E-state index is -0.987. The highest BCUT2D eigenvalue weighted by molar-refractivity contribution is 9.10. The lowest BCUT2D eigenvalue weighted by Gasteiger charge is -2.11. The molecule has 0 spiro atoms. The Morgan fingerprint density at radius 1 is 1.19 bits per heavy atom. The number of amides is 1. The number of halogens is 1. The van der Waals surface area contributed by atoms with E-state index in [1.807, 2.05) is 0 Å². The maximum atomic E-state index is 12.5. The molecule has 0 heterocycles. The second kappa shape index (κ2) is 4.57. The number of hydrogen-bond donors (Lipinski definition) is 2. The third-order valence-corrected chi connectivity index (χ3v) is 6.20. The van der Waals surface area contributed by atoms with Crippen LogP contribution in [-0.2, 0) is 4.79 Å². The van der Waals surface area contributed by atoms with Gasteiger partial charge in [-0.2, -0.15) is 0 Å². The Morgan fingerprint density at radius 2 is 1.86 bits per heavy atom. The third kappa shape index (κ3) is 2.01. The predicted octanol–water partition coefficient (Wildman–Crippen LogP) is 3.38. The van der Waals surface area contributed by atoms with E-state index in [-0.39, 0.29) is 17.4 Å². The Hall–Kier alpha value is -1.36. The van der Waals surface area contributed by atoms with Gasteiger partial charge in [-0.05, 0) is 77.1 Å². The summed E-state index contributed by atoms with van der Waals surface area (Å²) >= 11 is 3.37. The van der Waals surface area contributed by atoms with Gasteiger partial charge in [-0.25, -0.2) is 4.79 Å². The van der Waals surface area contributed by atoms with Crippen molar-refractivity contribution in [3.05, 3.63) is 28.2 Å². The molecule has 3 aliphatic carbocycles. The Kier molecular flexibility index (Phi) is 2.89. The number of fused-ring (bicyclic) bond motifs is 5. The molecule has 3 saturated carbocycles. The van der Waals surface area contributed by atoms with Crippen molar-refractivity contribution in [1.29, 1.82) is 0 Å². The highest BCUT2D eigenvalue weighted by Crippen LogP contribution is 2.69. The summed E-state index contributed by atoms with van der Waals surface area (Å²) in [6.07, 6.45) is 3.89. The van der Waals surface area contributed by atoms with Crippen molar-refractivity contribution in [3.8, 4) is 0 Å². The van der Waals surface area contributed by atoms with Crippen LogP contribution in [0.3, 0.4) is 0 Å². The van der Waals surface area contributed by atoms with Gasteiger partial charge in [0.1, 0.15) is 0 Å². The van der Waals surface area contributed by atoms with Crippen LogP contribution in [0.5, 0.6) is 0 Å². The van der Waals surface area contributed by atoms with E-state index in [0.29, 0.717) is 17.5 Å². The molecule has 4 unspecified atom stereocenters. The summed E-state index contributed by atoms with van der Waals surface area (Å²) in [6.45, 7) is 0. The number of rotatable bonds is 3. The smallest absolute Gasteiger partial charge is 0.335 e. The van der Waals surface area contributed by atoms with Crippen LogP contribution in [0.2, 0.25) is 0 Å². The number of aromatic carboxylic acids is 1. The zero-order valence-electron chi connectivity index (χ0n) is 11.4. The lowest BCUT2D eigenvalue weighted by molar-refractivity contribution is -0.118. The van der Waals surface area contributed by atoms with Crippen molar-refractivity contribution in [3.63, 3.8) is 0 Å². The van der Waals surface area contributed by atoms with E-state index < -0.39 is 5.97 Å². The fraction of sp³-hybridized carbons (Fsp3) is 0.500. The number of nitrogens with one attached hydrogen (secondary N) is 1. The minimum absolute atomic E-state index is 0.0600. The van der Waals surface area contributed by atoms with Crippen molar-refractivity contribution in [2.24, 2.45) is 29.6 Å². The SMILES string of the molecule is O=C(O)c1ccc(Br)c(NC(=O)C2C3C4CCC(C4)C23)c1. The van der Waals surface area contributed by atoms with Gasteiger partial charge in [-0.15, -0.1) is 0 Å². The van der Waals surface area contributed by atoms with Gasteiger partial charge >= 0.3 is 5.97 Å². The fourth-order valence-corrected chi connectivity index (χ4v) is 4.99. The Balaban J connectivity index is 1.51. The summed E-state index contributed by atoms with van der Waals surface area (Å²) in [5.41, 5.74) is 0.738. The highest BCUT2D eigenvalue weighted by atomic mass is 79.9. The van der Waals surface area contributed by atoms with Gasteiger partial charge in [0, 0.05) is 10.4 Å². The molecular weight excluding hydrogens is 334 g/mol. The molecule has 2 bridgehead atoms. The van der Waals surface area contributed by atoms with Crippen LogP contribution in [0.15, 0.2) is 22.7 Å². The highest BCUT2D eigenvalue weighted by Gasteiger charge is 2.67. The summed E-state index contributed by atoms with van der Waals surface area (Å²) in [5, 5.41) is 12.0. The van der Waals surface area contributed by atoms with Gasteiger partial charge in [-0.3, -0.25) is 4.79 Å². The first-order valence-electron chi connectivity index (χ1n) is 7.40. The van der Waals surface area contributed by atoms with E-state index in [9.17, 15) is 9.59 Å². The predicted molar refractivity (Wildman–Crippen MR) is 81.0 cm³/mol. The normalized spacial score (nSPS) is 35.4. The quantitative estimate of drug-likeness (QED) is 0.878. The molecule has 4 rings (SSSR count). The lowest BCUT2D eigenvalue weighted by Crippen LogP contribution is -2.19. The zero-order valence-corrected chi connectivity index (χ0v) is 13.0. The number of anilines is 1. The Bertz CT molecular complexity index is 628. The molecule has 2 N–H and O–H groups in total. The molecule has 5 heteroatoms. The van der Waals surface area contributed by atoms with Gasteiger partial charge in [0.25, 0.3) is 0 Å². The van der Waals surface area contributed by atoms with Crippen molar-refractivity contribution < 1.29 is 14.7 Å². The van der Waals surface area contributed by atoms with E-state index in [0.717, 1.165) is 16.3 Å². The Labute approximate surface area is 131 Å². The van der Waals surface area contributed by atoms with Crippen LogP contribution in [0.1, 0.15) is 29.6 Å². The molecular formula is C16H16BrNO3. The molecule has 110 valence electrons. The molecule has 0 aromatic heterocycles. The first-order chi connectivity index (χ1) is 10.1. The number of carbonyl (C=O) groups excluding carboxylic acids is 1. The first-order valence-corrected chi connectivity index (χ1v) is 8.19. The van der Waals surface area contributed by atoms with Crippen LogP contribution in [0.4, 0.5) is 5.69 Å².